The van der Waals surface area contributed by atoms with Crippen LogP contribution >= 0.6 is 11.8 Å². The molecule has 0 radical (unpaired) electrons. The maximum absolute atomic E-state index is 13.1. The number of anilines is 1. The highest BCUT2D eigenvalue weighted by molar-refractivity contribution is 7.99. The van der Waals surface area contributed by atoms with Crippen LogP contribution in [0.2, 0.25) is 0 Å². The van der Waals surface area contributed by atoms with E-state index in [0.717, 1.165) is 28.3 Å². The van der Waals surface area contributed by atoms with Gasteiger partial charge < -0.3 is 5.73 Å². The van der Waals surface area contributed by atoms with Crippen LogP contribution in [0.1, 0.15) is 11.5 Å². The molecule has 2 N–H and O–H groups in total. The average molecular weight is 323 g/mol. The molecule has 21 heavy (non-hydrogen) atoms. The first kappa shape index (κ1) is 14.4. The molecule has 1 aliphatic rings. The predicted octanol–water partition coefficient (Wildman–Crippen LogP) is 3.07. The summed E-state index contributed by atoms with van der Waals surface area (Å²) in [5, 5.41) is 0. The molecule has 110 valence electrons. The number of sulfone groups is 1. The Morgan fingerprint density at radius 2 is 2.00 bits per heavy atom. The van der Waals surface area contributed by atoms with Gasteiger partial charge in [0.15, 0.2) is 9.84 Å². The maximum Gasteiger partial charge on any atom is 0.181 e. The summed E-state index contributed by atoms with van der Waals surface area (Å²) in [6.45, 7) is 0. The zero-order valence-corrected chi connectivity index (χ0v) is 12.8. The van der Waals surface area contributed by atoms with E-state index in [1.165, 1.54) is 6.07 Å². The number of rotatable bonds is 3. The van der Waals surface area contributed by atoms with Crippen molar-refractivity contribution < 1.29 is 12.8 Å². The predicted molar refractivity (Wildman–Crippen MR) is 82.8 cm³/mol. The van der Waals surface area contributed by atoms with Crippen LogP contribution in [0.3, 0.4) is 0 Å². The number of hydrogen-bond acceptors (Lipinski definition) is 4. The Morgan fingerprint density at radius 1 is 1.24 bits per heavy atom. The molecule has 0 amide bonds. The monoisotopic (exact) mass is 323 g/mol. The van der Waals surface area contributed by atoms with Gasteiger partial charge in [0.25, 0.3) is 0 Å². The molecule has 0 aliphatic carbocycles. The third-order valence-corrected chi connectivity index (χ3v) is 6.66. The largest absolute Gasteiger partial charge is 0.398 e. The zero-order valence-electron chi connectivity index (χ0n) is 11.1. The molecular formula is C15H14FNO2S2. The van der Waals surface area contributed by atoms with Gasteiger partial charge in [-0.2, -0.15) is 0 Å². The Balaban J connectivity index is 1.91. The van der Waals surface area contributed by atoms with E-state index < -0.39 is 15.7 Å². The number of benzene rings is 2. The van der Waals surface area contributed by atoms with Crippen molar-refractivity contribution in [3.8, 4) is 0 Å². The average Bonchev–Trinajstić information content (AvgIpc) is 2.81. The van der Waals surface area contributed by atoms with E-state index in [0.29, 0.717) is 0 Å². The summed E-state index contributed by atoms with van der Waals surface area (Å²) < 4.78 is 38.1. The first-order valence-corrected chi connectivity index (χ1v) is 9.11. The van der Waals surface area contributed by atoms with Crippen LogP contribution in [-0.4, -0.2) is 19.9 Å². The Kier molecular flexibility index (Phi) is 3.67. The van der Waals surface area contributed by atoms with E-state index in [4.69, 9.17) is 5.73 Å². The standard InChI is InChI=1S/C15H14FNO2S2/c16-11-5-6-15(13(17)7-11)21(18,19)9-10-8-20-14-4-2-1-3-12(10)14/h1-7,10H,8-9,17H2. The first-order chi connectivity index (χ1) is 9.97. The summed E-state index contributed by atoms with van der Waals surface area (Å²) >= 11 is 1.66. The van der Waals surface area contributed by atoms with Crippen molar-refractivity contribution in [2.75, 3.05) is 17.2 Å². The minimum absolute atomic E-state index is 0.00710. The lowest BCUT2D eigenvalue weighted by molar-refractivity contribution is 0.590. The molecule has 0 spiro atoms. The fourth-order valence-corrected chi connectivity index (χ4v) is 5.63. The normalized spacial score (nSPS) is 17.7. The molecule has 2 aromatic carbocycles. The zero-order chi connectivity index (χ0) is 15.0. The van der Waals surface area contributed by atoms with E-state index in [9.17, 15) is 12.8 Å². The molecule has 0 aromatic heterocycles. The highest BCUT2D eigenvalue weighted by Crippen LogP contribution is 2.40. The van der Waals surface area contributed by atoms with Gasteiger partial charge in [0.2, 0.25) is 0 Å². The number of thioether (sulfide) groups is 1. The Labute approximate surface area is 127 Å². The maximum atomic E-state index is 13.1. The second kappa shape index (κ2) is 5.35. The minimum Gasteiger partial charge on any atom is -0.398 e. The summed E-state index contributed by atoms with van der Waals surface area (Å²) in [6.07, 6.45) is 0. The van der Waals surface area contributed by atoms with E-state index in [2.05, 4.69) is 0 Å². The van der Waals surface area contributed by atoms with Crippen molar-refractivity contribution >= 4 is 27.3 Å². The van der Waals surface area contributed by atoms with E-state index >= 15 is 0 Å². The van der Waals surface area contributed by atoms with Gasteiger partial charge in [0, 0.05) is 16.6 Å². The van der Waals surface area contributed by atoms with Crippen molar-refractivity contribution in [3.63, 3.8) is 0 Å². The van der Waals surface area contributed by atoms with Crippen LogP contribution in [0, 0.1) is 5.82 Å². The lowest BCUT2D eigenvalue weighted by Gasteiger charge is -2.13. The molecule has 1 unspecified atom stereocenters. The van der Waals surface area contributed by atoms with Crippen LogP contribution in [-0.2, 0) is 9.84 Å². The van der Waals surface area contributed by atoms with Crippen LogP contribution in [0.5, 0.6) is 0 Å². The van der Waals surface area contributed by atoms with Gasteiger partial charge in [0.05, 0.1) is 16.3 Å². The van der Waals surface area contributed by atoms with Gasteiger partial charge in [0.1, 0.15) is 5.82 Å². The van der Waals surface area contributed by atoms with Gasteiger partial charge in [-0.3, -0.25) is 0 Å². The molecule has 3 nitrogen and oxygen atoms in total. The number of hydrogen-bond donors (Lipinski definition) is 1. The molecule has 0 fully saturated rings. The Morgan fingerprint density at radius 3 is 2.76 bits per heavy atom. The quantitative estimate of drug-likeness (QED) is 0.696. The highest BCUT2D eigenvalue weighted by Gasteiger charge is 2.29. The van der Waals surface area contributed by atoms with Crippen molar-refractivity contribution in [1.29, 1.82) is 0 Å². The van der Waals surface area contributed by atoms with E-state index in [-0.39, 0.29) is 22.3 Å². The minimum atomic E-state index is -3.54. The second-order valence-corrected chi connectivity index (χ2v) is 8.07. The van der Waals surface area contributed by atoms with E-state index in [1.54, 1.807) is 11.8 Å². The lowest BCUT2D eigenvalue weighted by Crippen LogP contribution is -2.16. The van der Waals surface area contributed by atoms with Crippen molar-refractivity contribution in [3.05, 3.63) is 53.8 Å². The van der Waals surface area contributed by atoms with Crippen molar-refractivity contribution in [1.82, 2.24) is 0 Å². The Bertz CT molecular complexity index is 790. The SMILES string of the molecule is Nc1cc(F)ccc1S(=O)(=O)CC1CSc2ccccc21. The fraction of sp³-hybridized carbons (Fsp3) is 0.200. The van der Waals surface area contributed by atoms with Crippen LogP contribution in [0.25, 0.3) is 0 Å². The summed E-state index contributed by atoms with van der Waals surface area (Å²) in [5.74, 6) is 0.140. The number of nitrogens with two attached hydrogens (primary N) is 1. The molecule has 3 rings (SSSR count). The molecule has 6 heteroatoms. The number of fused-ring (bicyclic) bond motifs is 1. The van der Waals surface area contributed by atoms with Crippen molar-refractivity contribution in [2.45, 2.75) is 15.7 Å². The molecule has 0 saturated carbocycles. The van der Waals surface area contributed by atoms with Crippen LogP contribution < -0.4 is 5.73 Å². The molecule has 1 atom stereocenters. The van der Waals surface area contributed by atoms with Crippen molar-refractivity contribution in [2.24, 2.45) is 0 Å². The molecule has 0 saturated heterocycles. The van der Waals surface area contributed by atoms with Gasteiger partial charge in [-0.1, -0.05) is 18.2 Å². The van der Waals surface area contributed by atoms with Gasteiger partial charge in [-0.25, -0.2) is 12.8 Å². The first-order valence-electron chi connectivity index (χ1n) is 6.47. The summed E-state index contributed by atoms with van der Waals surface area (Å²) in [5.41, 5.74) is 6.68. The molecule has 2 aromatic rings. The third kappa shape index (κ3) is 2.78. The van der Waals surface area contributed by atoms with E-state index in [1.807, 2.05) is 24.3 Å². The Hall–Kier alpha value is -1.53. The summed E-state index contributed by atoms with van der Waals surface area (Å²) in [7, 11) is -3.54. The number of nitrogen functional groups attached to an aromatic ring is 1. The molecule has 1 heterocycles. The highest BCUT2D eigenvalue weighted by atomic mass is 32.2. The van der Waals surface area contributed by atoms with Crippen LogP contribution in [0.15, 0.2) is 52.3 Å². The lowest BCUT2D eigenvalue weighted by atomic mass is 10.0. The molecular weight excluding hydrogens is 309 g/mol. The van der Waals surface area contributed by atoms with Gasteiger partial charge >= 0.3 is 0 Å². The number of halogens is 1. The van der Waals surface area contributed by atoms with Gasteiger partial charge in [-0.05, 0) is 29.8 Å². The topological polar surface area (TPSA) is 60.2 Å². The third-order valence-electron chi connectivity index (χ3n) is 3.53. The van der Waals surface area contributed by atoms with Gasteiger partial charge in [-0.15, -0.1) is 11.8 Å². The summed E-state index contributed by atoms with van der Waals surface area (Å²) in [4.78, 5) is 1.14. The smallest absolute Gasteiger partial charge is 0.181 e. The second-order valence-electron chi connectivity index (χ2n) is 5.01. The van der Waals surface area contributed by atoms with Crippen LogP contribution in [0.4, 0.5) is 10.1 Å². The molecule has 1 aliphatic heterocycles. The fourth-order valence-electron chi connectivity index (χ4n) is 2.52. The summed E-state index contributed by atoms with van der Waals surface area (Å²) in [6, 6.07) is 11.2. The molecule has 0 bridgehead atoms.